The first-order chi connectivity index (χ1) is 10.0. The minimum atomic E-state index is -0.406. The third-order valence-corrected chi connectivity index (χ3v) is 3.52. The number of anilines is 1. The van der Waals surface area contributed by atoms with Crippen molar-refractivity contribution in [3.63, 3.8) is 0 Å². The third-order valence-electron chi connectivity index (χ3n) is 3.52. The van der Waals surface area contributed by atoms with Crippen LogP contribution in [0.5, 0.6) is 0 Å². The van der Waals surface area contributed by atoms with E-state index in [-0.39, 0.29) is 5.91 Å². The number of hydrogen-bond acceptors (Lipinski definition) is 4. The quantitative estimate of drug-likeness (QED) is 0.644. The molecule has 1 saturated carbocycles. The standard InChI is InChI=1S/C16H22N2O3/c1-3-8-21-16(20)14-9-12(4-7-15(14)17)10-18(11(2)19)13-5-6-13/h4,7,9,13H,3,5-6,8,10,17H2,1-2H3. The second-order valence-electron chi connectivity index (χ2n) is 5.44. The van der Waals surface area contributed by atoms with Crippen LogP contribution in [-0.4, -0.2) is 29.4 Å². The number of benzene rings is 1. The van der Waals surface area contributed by atoms with Crippen LogP contribution in [0.25, 0.3) is 0 Å². The summed E-state index contributed by atoms with van der Waals surface area (Å²) in [4.78, 5) is 25.5. The van der Waals surface area contributed by atoms with Crippen LogP contribution in [0.3, 0.4) is 0 Å². The normalized spacial score (nSPS) is 13.8. The maximum Gasteiger partial charge on any atom is 0.340 e. The summed E-state index contributed by atoms with van der Waals surface area (Å²) in [6.07, 6.45) is 2.88. The molecule has 0 radical (unpaired) electrons. The fourth-order valence-electron chi connectivity index (χ4n) is 2.23. The molecule has 114 valence electrons. The maximum absolute atomic E-state index is 12.0. The number of rotatable bonds is 6. The number of carbonyl (C=O) groups excluding carboxylic acids is 2. The van der Waals surface area contributed by atoms with E-state index in [0.29, 0.717) is 30.4 Å². The zero-order chi connectivity index (χ0) is 15.4. The average Bonchev–Trinajstić information content (AvgIpc) is 3.27. The van der Waals surface area contributed by atoms with E-state index in [4.69, 9.17) is 10.5 Å². The first kappa shape index (κ1) is 15.4. The summed E-state index contributed by atoms with van der Waals surface area (Å²) < 4.78 is 5.13. The number of nitrogen functional groups attached to an aromatic ring is 1. The number of nitrogens with two attached hydrogens (primary N) is 1. The Morgan fingerprint density at radius 1 is 1.38 bits per heavy atom. The van der Waals surface area contributed by atoms with Gasteiger partial charge in [0.2, 0.25) is 5.91 Å². The molecule has 1 amide bonds. The summed E-state index contributed by atoms with van der Waals surface area (Å²) in [7, 11) is 0. The van der Waals surface area contributed by atoms with E-state index in [2.05, 4.69) is 0 Å². The third kappa shape index (κ3) is 3.97. The highest BCUT2D eigenvalue weighted by Crippen LogP contribution is 2.29. The zero-order valence-electron chi connectivity index (χ0n) is 12.6. The van der Waals surface area contributed by atoms with E-state index in [1.807, 2.05) is 17.9 Å². The highest BCUT2D eigenvalue weighted by molar-refractivity contribution is 5.95. The Bertz CT molecular complexity index is 538. The summed E-state index contributed by atoms with van der Waals surface area (Å²) in [5, 5.41) is 0. The molecule has 1 aliphatic rings. The van der Waals surface area contributed by atoms with Crippen molar-refractivity contribution in [2.45, 2.75) is 45.7 Å². The van der Waals surface area contributed by atoms with Gasteiger partial charge in [-0.1, -0.05) is 13.0 Å². The average molecular weight is 290 g/mol. The number of esters is 1. The smallest absolute Gasteiger partial charge is 0.340 e. The van der Waals surface area contributed by atoms with Crippen molar-refractivity contribution in [1.29, 1.82) is 0 Å². The Morgan fingerprint density at radius 2 is 2.10 bits per heavy atom. The fourth-order valence-corrected chi connectivity index (χ4v) is 2.23. The Hall–Kier alpha value is -2.04. The monoisotopic (exact) mass is 290 g/mol. The molecule has 0 spiro atoms. The highest BCUT2D eigenvalue weighted by Gasteiger charge is 2.30. The minimum absolute atomic E-state index is 0.0597. The van der Waals surface area contributed by atoms with Crippen LogP contribution in [0.15, 0.2) is 18.2 Å². The molecule has 0 unspecified atom stereocenters. The second kappa shape index (κ2) is 6.61. The number of carbonyl (C=O) groups is 2. The Labute approximate surface area is 125 Å². The Balaban J connectivity index is 2.13. The van der Waals surface area contributed by atoms with E-state index < -0.39 is 5.97 Å². The van der Waals surface area contributed by atoms with Crippen LogP contribution >= 0.6 is 0 Å². The summed E-state index contributed by atoms with van der Waals surface area (Å²) >= 11 is 0. The predicted molar refractivity (Wildman–Crippen MR) is 80.7 cm³/mol. The lowest BCUT2D eigenvalue weighted by Crippen LogP contribution is -2.30. The lowest BCUT2D eigenvalue weighted by molar-refractivity contribution is -0.130. The van der Waals surface area contributed by atoms with Crippen molar-refractivity contribution in [3.05, 3.63) is 29.3 Å². The minimum Gasteiger partial charge on any atom is -0.462 e. The van der Waals surface area contributed by atoms with Gasteiger partial charge in [-0.25, -0.2) is 4.79 Å². The number of ether oxygens (including phenoxy) is 1. The van der Waals surface area contributed by atoms with Gasteiger partial charge in [0, 0.05) is 25.2 Å². The van der Waals surface area contributed by atoms with Crippen molar-refractivity contribution in [3.8, 4) is 0 Å². The lowest BCUT2D eigenvalue weighted by atomic mass is 10.1. The van der Waals surface area contributed by atoms with Gasteiger partial charge in [-0.05, 0) is 37.0 Å². The van der Waals surface area contributed by atoms with Gasteiger partial charge in [0.25, 0.3) is 0 Å². The molecule has 0 aliphatic heterocycles. The van der Waals surface area contributed by atoms with Crippen LogP contribution < -0.4 is 5.73 Å². The molecule has 2 N–H and O–H groups in total. The number of amides is 1. The number of nitrogens with zero attached hydrogens (tertiary/aromatic N) is 1. The number of hydrogen-bond donors (Lipinski definition) is 1. The molecule has 1 aliphatic carbocycles. The van der Waals surface area contributed by atoms with Gasteiger partial charge in [0.1, 0.15) is 0 Å². The molecule has 2 rings (SSSR count). The van der Waals surface area contributed by atoms with Gasteiger partial charge in [-0.15, -0.1) is 0 Å². The first-order valence-electron chi connectivity index (χ1n) is 7.35. The van der Waals surface area contributed by atoms with Crippen LogP contribution in [0, 0.1) is 0 Å². The molecule has 0 bridgehead atoms. The molecule has 0 saturated heterocycles. The summed E-state index contributed by atoms with van der Waals surface area (Å²) in [6, 6.07) is 5.62. The largest absolute Gasteiger partial charge is 0.462 e. The van der Waals surface area contributed by atoms with Crippen LogP contribution in [0.1, 0.15) is 49.0 Å². The fraction of sp³-hybridized carbons (Fsp3) is 0.500. The molecule has 0 atom stereocenters. The molecular formula is C16H22N2O3. The summed E-state index contributed by atoms with van der Waals surface area (Å²) in [5.41, 5.74) is 7.52. The first-order valence-corrected chi connectivity index (χ1v) is 7.35. The van der Waals surface area contributed by atoms with Gasteiger partial charge >= 0.3 is 5.97 Å². The molecule has 5 nitrogen and oxygen atoms in total. The molecule has 0 heterocycles. The summed E-state index contributed by atoms with van der Waals surface area (Å²) in [6.45, 7) is 4.40. The molecule has 21 heavy (non-hydrogen) atoms. The second-order valence-corrected chi connectivity index (χ2v) is 5.44. The van der Waals surface area contributed by atoms with Crippen LogP contribution in [0.4, 0.5) is 5.69 Å². The van der Waals surface area contributed by atoms with Crippen molar-refractivity contribution in [1.82, 2.24) is 4.90 Å². The van der Waals surface area contributed by atoms with Gasteiger partial charge in [0.05, 0.1) is 12.2 Å². The highest BCUT2D eigenvalue weighted by atomic mass is 16.5. The lowest BCUT2D eigenvalue weighted by Gasteiger charge is -2.21. The maximum atomic E-state index is 12.0. The van der Waals surface area contributed by atoms with Gasteiger partial charge in [-0.2, -0.15) is 0 Å². The van der Waals surface area contributed by atoms with Crippen molar-refractivity contribution < 1.29 is 14.3 Å². The molecule has 1 fully saturated rings. The van der Waals surface area contributed by atoms with Crippen molar-refractivity contribution in [2.24, 2.45) is 0 Å². The molecule has 1 aromatic rings. The molecule has 1 aromatic carbocycles. The molecule has 0 aromatic heterocycles. The van der Waals surface area contributed by atoms with Gasteiger partial charge < -0.3 is 15.4 Å². The van der Waals surface area contributed by atoms with E-state index in [1.165, 1.54) is 0 Å². The van der Waals surface area contributed by atoms with Crippen molar-refractivity contribution >= 4 is 17.6 Å². The predicted octanol–water partition coefficient (Wildman–Crippen LogP) is 2.35. The SMILES string of the molecule is CCCOC(=O)c1cc(CN(C(C)=O)C2CC2)ccc1N. The zero-order valence-corrected chi connectivity index (χ0v) is 12.6. The van der Waals surface area contributed by atoms with E-state index in [1.54, 1.807) is 19.1 Å². The van der Waals surface area contributed by atoms with Crippen LogP contribution in [-0.2, 0) is 16.1 Å². The summed E-state index contributed by atoms with van der Waals surface area (Å²) in [5.74, 6) is -0.346. The van der Waals surface area contributed by atoms with Crippen LogP contribution in [0.2, 0.25) is 0 Å². The Morgan fingerprint density at radius 3 is 2.67 bits per heavy atom. The van der Waals surface area contributed by atoms with Gasteiger partial charge in [-0.3, -0.25) is 4.79 Å². The van der Waals surface area contributed by atoms with Gasteiger partial charge in [0.15, 0.2) is 0 Å². The van der Waals surface area contributed by atoms with E-state index in [9.17, 15) is 9.59 Å². The molecule has 5 heteroatoms. The topological polar surface area (TPSA) is 72.6 Å². The van der Waals surface area contributed by atoms with Crippen molar-refractivity contribution in [2.75, 3.05) is 12.3 Å². The molecular weight excluding hydrogens is 268 g/mol. The Kier molecular flexibility index (Phi) is 4.83. The van der Waals surface area contributed by atoms with E-state index >= 15 is 0 Å². The van der Waals surface area contributed by atoms with E-state index in [0.717, 1.165) is 24.8 Å².